The van der Waals surface area contributed by atoms with Crippen LogP contribution < -0.4 is 5.73 Å². The quantitative estimate of drug-likeness (QED) is 0.503. The Hall–Kier alpha value is -0.610. The van der Waals surface area contributed by atoms with Crippen LogP contribution in [0.4, 0.5) is 0 Å². The molecule has 0 aliphatic rings. The first-order valence-corrected chi connectivity index (χ1v) is 3.24. The maximum absolute atomic E-state index is 10.0. The molecule has 0 heterocycles. The van der Waals surface area contributed by atoms with Gasteiger partial charge in [-0.3, -0.25) is 0 Å². The van der Waals surface area contributed by atoms with Crippen LogP contribution >= 0.6 is 0 Å². The van der Waals surface area contributed by atoms with Gasteiger partial charge in [0.15, 0.2) is 6.10 Å². The highest BCUT2D eigenvalue weighted by atomic mass is 16.4. The molecular weight excluding hydrogens is 134 g/mol. The summed E-state index contributed by atoms with van der Waals surface area (Å²) in [6.45, 7) is 1.85. The lowest BCUT2D eigenvalue weighted by atomic mass is 10.1. The van der Waals surface area contributed by atoms with E-state index in [9.17, 15) is 4.79 Å². The summed E-state index contributed by atoms with van der Waals surface area (Å²) in [5.74, 6) is -1.20. The molecule has 4 nitrogen and oxygen atoms in total. The van der Waals surface area contributed by atoms with Gasteiger partial charge in [0, 0.05) is 6.04 Å². The molecule has 60 valence electrons. The van der Waals surface area contributed by atoms with Crippen molar-refractivity contribution >= 4 is 5.97 Å². The molecule has 0 aromatic heterocycles. The summed E-state index contributed by atoms with van der Waals surface area (Å²) >= 11 is 0. The Kier molecular flexibility index (Phi) is 3.99. The summed E-state index contributed by atoms with van der Waals surface area (Å²) in [5, 5.41) is 17.0. The molecule has 10 heavy (non-hydrogen) atoms. The molecule has 2 unspecified atom stereocenters. The van der Waals surface area contributed by atoms with Crippen molar-refractivity contribution in [2.45, 2.75) is 31.9 Å². The van der Waals surface area contributed by atoms with Crippen molar-refractivity contribution in [3.05, 3.63) is 0 Å². The molecule has 0 fully saturated rings. The van der Waals surface area contributed by atoms with Gasteiger partial charge in [-0.15, -0.1) is 0 Å². The van der Waals surface area contributed by atoms with Crippen molar-refractivity contribution < 1.29 is 15.0 Å². The second-order valence-corrected chi connectivity index (χ2v) is 2.26. The van der Waals surface area contributed by atoms with E-state index in [2.05, 4.69) is 0 Å². The van der Waals surface area contributed by atoms with Crippen molar-refractivity contribution in [3.8, 4) is 0 Å². The SMILES string of the molecule is CCC(N)CC(O)C(=O)O. The molecule has 0 aromatic rings. The van der Waals surface area contributed by atoms with E-state index in [0.717, 1.165) is 0 Å². The fourth-order valence-corrected chi connectivity index (χ4v) is 0.554. The number of carboxylic acid groups (broad SMARTS) is 1. The molecule has 0 amide bonds. The Bertz CT molecular complexity index is 116. The lowest BCUT2D eigenvalue weighted by Gasteiger charge is -2.10. The standard InChI is InChI=1S/C6H13NO3/c1-2-4(7)3-5(8)6(9)10/h4-5,8H,2-3,7H2,1H3,(H,9,10). The Morgan fingerprint density at radius 2 is 2.20 bits per heavy atom. The van der Waals surface area contributed by atoms with Gasteiger partial charge in [-0.05, 0) is 12.8 Å². The van der Waals surface area contributed by atoms with E-state index in [-0.39, 0.29) is 12.5 Å². The smallest absolute Gasteiger partial charge is 0.332 e. The summed E-state index contributed by atoms with van der Waals surface area (Å²) in [7, 11) is 0. The Labute approximate surface area is 59.7 Å². The minimum Gasteiger partial charge on any atom is -0.479 e. The molecule has 0 aliphatic heterocycles. The first-order chi connectivity index (χ1) is 4.57. The monoisotopic (exact) mass is 147 g/mol. The molecule has 0 aliphatic carbocycles. The minimum absolute atomic E-state index is 0.131. The van der Waals surface area contributed by atoms with E-state index >= 15 is 0 Å². The molecule has 4 heteroatoms. The summed E-state index contributed by atoms with van der Waals surface area (Å²) < 4.78 is 0. The minimum atomic E-state index is -1.31. The predicted octanol–water partition coefficient (Wildman–Crippen LogP) is -0.441. The molecule has 0 radical (unpaired) electrons. The molecule has 4 N–H and O–H groups in total. The van der Waals surface area contributed by atoms with Crippen molar-refractivity contribution in [1.82, 2.24) is 0 Å². The number of rotatable bonds is 4. The van der Waals surface area contributed by atoms with Crippen molar-refractivity contribution in [2.24, 2.45) is 5.73 Å². The highest BCUT2D eigenvalue weighted by Gasteiger charge is 2.15. The fourth-order valence-electron chi connectivity index (χ4n) is 0.554. The Morgan fingerprint density at radius 1 is 1.70 bits per heavy atom. The zero-order chi connectivity index (χ0) is 8.15. The van der Waals surface area contributed by atoms with Crippen LogP contribution in [0.2, 0.25) is 0 Å². The summed E-state index contributed by atoms with van der Waals surface area (Å²) in [6, 6.07) is -0.217. The summed E-state index contributed by atoms with van der Waals surface area (Å²) in [6.07, 6.45) is -0.495. The second kappa shape index (κ2) is 4.24. The number of hydrogen-bond acceptors (Lipinski definition) is 3. The first kappa shape index (κ1) is 9.39. The molecule has 2 atom stereocenters. The van der Waals surface area contributed by atoms with Crippen LogP contribution in [0.15, 0.2) is 0 Å². The second-order valence-electron chi connectivity index (χ2n) is 2.26. The number of aliphatic hydroxyl groups excluding tert-OH is 1. The van der Waals surface area contributed by atoms with Crippen LogP contribution in [0, 0.1) is 0 Å². The van der Waals surface area contributed by atoms with Gasteiger partial charge in [0.25, 0.3) is 0 Å². The van der Waals surface area contributed by atoms with Gasteiger partial charge in [-0.1, -0.05) is 6.92 Å². The summed E-state index contributed by atoms with van der Waals surface area (Å²) in [5.41, 5.74) is 5.39. The van der Waals surface area contributed by atoms with E-state index in [4.69, 9.17) is 15.9 Å². The van der Waals surface area contributed by atoms with Gasteiger partial charge in [0.2, 0.25) is 0 Å². The number of aliphatic carboxylic acids is 1. The van der Waals surface area contributed by atoms with Gasteiger partial charge in [-0.25, -0.2) is 4.79 Å². The van der Waals surface area contributed by atoms with Crippen LogP contribution in [0.1, 0.15) is 19.8 Å². The molecule has 0 aromatic carbocycles. The van der Waals surface area contributed by atoms with Gasteiger partial charge >= 0.3 is 5.97 Å². The number of aliphatic hydroxyl groups is 1. The van der Waals surface area contributed by atoms with E-state index in [1.54, 1.807) is 0 Å². The van der Waals surface area contributed by atoms with Crippen molar-refractivity contribution in [1.29, 1.82) is 0 Å². The third kappa shape index (κ3) is 3.42. The molecule has 0 saturated heterocycles. The summed E-state index contributed by atoms with van der Waals surface area (Å²) in [4.78, 5) is 10.0. The van der Waals surface area contributed by atoms with Crippen LogP contribution in [0.3, 0.4) is 0 Å². The Morgan fingerprint density at radius 3 is 2.50 bits per heavy atom. The van der Waals surface area contributed by atoms with Crippen LogP contribution in [0.25, 0.3) is 0 Å². The average Bonchev–Trinajstić information content (AvgIpc) is 1.87. The number of hydrogen-bond donors (Lipinski definition) is 3. The number of nitrogens with two attached hydrogens (primary N) is 1. The molecule has 0 saturated carbocycles. The van der Waals surface area contributed by atoms with Crippen LogP contribution in [0.5, 0.6) is 0 Å². The van der Waals surface area contributed by atoms with Gasteiger partial charge in [0.05, 0.1) is 0 Å². The normalized spacial score (nSPS) is 16.3. The third-order valence-corrected chi connectivity index (χ3v) is 1.34. The zero-order valence-corrected chi connectivity index (χ0v) is 5.95. The van der Waals surface area contributed by atoms with E-state index < -0.39 is 12.1 Å². The Balaban J connectivity index is 3.56. The van der Waals surface area contributed by atoms with Gasteiger partial charge < -0.3 is 15.9 Å². The lowest BCUT2D eigenvalue weighted by Crippen LogP contribution is -2.30. The van der Waals surface area contributed by atoms with Crippen LogP contribution in [-0.2, 0) is 4.79 Å². The topological polar surface area (TPSA) is 83.5 Å². The first-order valence-electron chi connectivity index (χ1n) is 3.24. The lowest BCUT2D eigenvalue weighted by molar-refractivity contribution is -0.147. The number of carboxylic acids is 1. The molecular formula is C6H13NO3. The zero-order valence-electron chi connectivity index (χ0n) is 5.95. The van der Waals surface area contributed by atoms with Gasteiger partial charge in [0.1, 0.15) is 0 Å². The number of carbonyl (C=O) groups is 1. The van der Waals surface area contributed by atoms with Gasteiger partial charge in [-0.2, -0.15) is 0 Å². The molecule has 0 spiro atoms. The largest absolute Gasteiger partial charge is 0.479 e. The maximum Gasteiger partial charge on any atom is 0.332 e. The van der Waals surface area contributed by atoms with Crippen LogP contribution in [-0.4, -0.2) is 28.3 Å². The van der Waals surface area contributed by atoms with Crippen molar-refractivity contribution in [3.63, 3.8) is 0 Å². The highest BCUT2D eigenvalue weighted by molar-refractivity contribution is 5.71. The fraction of sp³-hybridized carbons (Fsp3) is 0.833. The van der Waals surface area contributed by atoms with E-state index in [0.29, 0.717) is 6.42 Å². The highest BCUT2D eigenvalue weighted by Crippen LogP contribution is 1.98. The average molecular weight is 147 g/mol. The molecule has 0 rings (SSSR count). The third-order valence-electron chi connectivity index (χ3n) is 1.34. The predicted molar refractivity (Wildman–Crippen MR) is 36.5 cm³/mol. The van der Waals surface area contributed by atoms with Crippen molar-refractivity contribution in [2.75, 3.05) is 0 Å². The molecule has 0 bridgehead atoms. The maximum atomic E-state index is 10.0. The van der Waals surface area contributed by atoms with E-state index in [1.165, 1.54) is 0 Å². The van der Waals surface area contributed by atoms with E-state index in [1.807, 2.05) is 6.92 Å².